The van der Waals surface area contributed by atoms with Gasteiger partial charge < -0.3 is 20.7 Å². The Kier molecular flexibility index (Phi) is 6.84. The molecule has 0 bridgehead atoms. The maximum atomic E-state index is 13.0. The molecule has 7 heteroatoms. The summed E-state index contributed by atoms with van der Waals surface area (Å²) in [7, 11) is 0. The fourth-order valence-corrected chi connectivity index (χ4v) is 3.41. The molecule has 0 aliphatic carbocycles. The van der Waals surface area contributed by atoms with Gasteiger partial charge in [0, 0.05) is 25.1 Å². The first-order chi connectivity index (χ1) is 14.0. The maximum absolute atomic E-state index is 13.0. The zero-order chi connectivity index (χ0) is 20.6. The summed E-state index contributed by atoms with van der Waals surface area (Å²) in [6.07, 6.45) is 1.01. The lowest BCUT2D eigenvalue weighted by molar-refractivity contribution is -0.162. The highest BCUT2D eigenvalue weighted by Gasteiger charge is 2.33. The second-order valence-electron chi connectivity index (χ2n) is 7.01. The highest BCUT2D eigenvalue weighted by molar-refractivity contribution is 5.88. The van der Waals surface area contributed by atoms with Crippen LogP contribution in [0.1, 0.15) is 30.1 Å². The van der Waals surface area contributed by atoms with Crippen molar-refractivity contribution in [2.75, 3.05) is 13.1 Å². The normalized spacial score (nSPS) is 15.4. The Bertz CT molecular complexity index is 836. The van der Waals surface area contributed by atoms with Gasteiger partial charge in [-0.1, -0.05) is 60.7 Å². The Hall–Kier alpha value is -3.35. The minimum atomic E-state index is -1.06. The van der Waals surface area contributed by atoms with Crippen molar-refractivity contribution in [1.82, 2.24) is 10.2 Å². The summed E-state index contributed by atoms with van der Waals surface area (Å²) >= 11 is 0. The van der Waals surface area contributed by atoms with Crippen molar-refractivity contribution in [2.24, 2.45) is 5.73 Å². The molecular weight excluding hydrogens is 370 g/mol. The van der Waals surface area contributed by atoms with Gasteiger partial charge >= 0.3 is 12.0 Å². The number of hydrogen-bond donors (Lipinski definition) is 2. The van der Waals surface area contributed by atoms with Crippen LogP contribution in [0.3, 0.4) is 0 Å². The third kappa shape index (κ3) is 5.57. The molecule has 2 aromatic carbocycles. The molecule has 1 saturated heterocycles. The number of nitrogens with one attached hydrogen (secondary N) is 1. The van der Waals surface area contributed by atoms with Crippen LogP contribution >= 0.6 is 0 Å². The van der Waals surface area contributed by atoms with E-state index in [0.717, 1.165) is 18.4 Å². The molecule has 3 N–H and O–H groups in total. The molecule has 152 valence electrons. The molecule has 1 heterocycles. The summed E-state index contributed by atoms with van der Waals surface area (Å²) in [6.45, 7) is 1.29. The van der Waals surface area contributed by atoms with Crippen molar-refractivity contribution in [2.45, 2.75) is 31.4 Å². The fourth-order valence-electron chi connectivity index (χ4n) is 3.41. The van der Waals surface area contributed by atoms with Crippen molar-refractivity contribution in [3.63, 3.8) is 0 Å². The molecule has 0 aromatic heterocycles. The lowest BCUT2D eigenvalue weighted by Gasteiger charge is -2.25. The van der Waals surface area contributed by atoms with Crippen LogP contribution < -0.4 is 11.1 Å². The summed E-state index contributed by atoms with van der Waals surface area (Å²) in [5, 5.41) is 2.43. The number of nitrogens with two attached hydrogens (primary N) is 1. The van der Waals surface area contributed by atoms with Crippen LogP contribution in [0.5, 0.6) is 0 Å². The van der Waals surface area contributed by atoms with E-state index in [9.17, 15) is 14.4 Å². The molecule has 1 aliphatic heterocycles. The molecule has 3 rings (SSSR count). The Balaban J connectivity index is 1.80. The standard InChI is InChI=1S/C22H25N3O4/c23-22(28)24-18(15-16-9-3-1-4-10-16)21(27)29-19(17-11-5-2-6-12-17)20(26)25-13-7-8-14-25/h1-6,9-12,18-19H,7-8,13-15H2,(H3,23,24,28)/t18-,19+/m0/s1. The van der Waals surface area contributed by atoms with Crippen LogP contribution in [0.25, 0.3) is 0 Å². The van der Waals surface area contributed by atoms with Gasteiger partial charge in [-0.05, 0) is 18.4 Å². The second kappa shape index (κ2) is 9.73. The number of hydrogen-bond acceptors (Lipinski definition) is 4. The van der Waals surface area contributed by atoms with Crippen molar-refractivity contribution in [1.29, 1.82) is 0 Å². The van der Waals surface area contributed by atoms with E-state index in [-0.39, 0.29) is 12.3 Å². The Morgan fingerprint density at radius 2 is 1.55 bits per heavy atom. The third-order valence-electron chi connectivity index (χ3n) is 4.86. The van der Waals surface area contributed by atoms with Crippen molar-refractivity contribution in [3.05, 3.63) is 71.8 Å². The lowest BCUT2D eigenvalue weighted by Crippen LogP contribution is -2.47. The van der Waals surface area contributed by atoms with Crippen LogP contribution in [0.4, 0.5) is 4.79 Å². The van der Waals surface area contributed by atoms with Gasteiger partial charge in [0.25, 0.3) is 5.91 Å². The molecule has 0 radical (unpaired) electrons. The SMILES string of the molecule is NC(=O)N[C@@H](Cc1ccccc1)C(=O)O[C@@H](C(=O)N1CCCC1)c1ccccc1. The molecule has 0 saturated carbocycles. The number of carbonyl (C=O) groups excluding carboxylic acids is 3. The smallest absolute Gasteiger partial charge is 0.330 e. The predicted molar refractivity (Wildman–Crippen MR) is 108 cm³/mol. The second-order valence-corrected chi connectivity index (χ2v) is 7.01. The topological polar surface area (TPSA) is 102 Å². The van der Waals surface area contributed by atoms with Crippen LogP contribution in [0, 0.1) is 0 Å². The molecule has 29 heavy (non-hydrogen) atoms. The summed E-state index contributed by atoms with van der Waals surface area (Å²) in [4.78, 5) is 39.1. The van der Waals surface area contributed by atoms with Gasteiger partial charge in [0.05, 0.1) is 0 Å². The minimum Gasteiger partial charge on any atom is -0.446 e. The summed E-state index contributed by atoms with van der Waals surface area (Å²) < 4.78 is 5.65. The molecule has 0 unspecified atom stereocenters. The maximum Gasteiger partial charge on any atom is 0.330 e. The van der Waals surface area contributed by atoms with E-state index < -0.39 is 24.1 Å². The van der Waals surface area contributed by atoms with E-state index in [1.54, 1.807) is 29.2 Å². The third-order valence-corrected chi connectivity index (χ3v) is 4.86. The molecule has 3 amide bonds. The van der Waals surface area contributed by atoms with Gasteiger partial charge in [-0.3, -0.25) is 4.79 Å². The quantitative estimate of drug-likeness (QED) is 0.702. The molecule has 2 aromatic rings. The number of urea groups is 1. The summed E-state index contributed by atoms with van der Waals surface area (Å²) in [5.41, 5.74) is 6.68. The van der Waals surface area contributed by atoms with Gasteiger partial charge in [-0.15, -0.1) is 0 Å². The first-order valence-electron chi connectivity index (χ1n) is 9.68. The highest BCUT2D eigenvalue weighted by Crippen LogP contribution is 2.23. The molecule has 1 fully saturated rings. The average molecular weight is 395 g/mol. The number of carbonyl (C=O) groups is 3. The van der Waals surface area contributed by atoms with Crippen LogP contribution in [-0.2, 0) is 20.7 Å². The summed E-state index contributed by atoms with van der Waals surface area (Å²) in [6, 6.07) is 16.3. The Morgan fingerprint density at radius 1 is 0.966 bits per heavy atom. The van der Waals surface area contributed by atoms with Crippen LogP contribution in [0.15, 0.2) is 60.7 Å². The number of esters is 1. The monoisotopic (exact) mass is 395 g/mol. The first-order valence-corrected chi connectivity index (χ1v) is 9.68. The molecule has 7 nitrogen and oxygen atoms in total. The molecular formula is C22H25N3O4. The van der Waals surface area contributed by atoms with E-state index in [2.05, 4.69) is 5.32 Å². The molecule has 2 atom stereocenters. The Morgan fingerprint density at radius 3 is 2.14 bits per heavy atom. The predicted octanol–water partition coefficient (Wildman–Crippen LogP) is 2.17. The number of rotatable bonds is 7. The lowest BCUT2D eigenvalue weighted by atomic mass is 10.1. The minimum absolute atomic E-state index is 0.210. The summed E-state index contributed by atoms with van der Waals surface area (Å²) in [5.74, 6) is -0.950. The van der Waals surface area contributed by atoms with Crippen LogP contribution in [-0.4, -0.2) is 41.9 Å². The first kappa shape index (κ1) is 20.4. The van der Waals surface area contributed by atoms with E-state index in [1.807, 2.05) is 36.4 Å². The number of likely N-dealkylation sites (tertiary alicyclic amines) is 1. The number of ether oxygens (including phenoxy) is 1. The molecule has 1 aliphatic rings. The number of nitrogens with zero attached hydrogens (tertiary/aromatic N) is 1. The molecule has 0 spiro atoms. The van der Waals surface area contributed by atoms with Crippen molar-refractivity contribution < 1.29 is 19.1 Å². The number of benzene rings is 2. The number of primary amides is 1. The van der Waals surface area contributed by atoms with E-state index in [4.69, 9.17) is 10.5 Å². The average Bonchev–Trinajstić information content (AvgIpc) is 3.27. The van der Waals surface area contributed by atoms with Gasteiger partial charge in [-0.2, -0.15) is 0 Å². The van der Waals surface area contributed by atoms with Gasteiger partial charge in [0.1, 0.15) is 6.04 Å². The van der Waals surface area contributed by atoms with Gasteiger partial charge in [0.2, 0.25) is 6.10 Å². The number of amides is 3. The van der Waals surface area contributed by atoms with E-state index in [1.165, 1.54) is 0 Å². The largest absolute Gasteiger partial charge is 0.446 e. The highest BCUT2D eigenvalue weighted by atomic mass is 16.5. The fraction of sp³-hybridized carbons (Fsp3) is 0.318. The van der Waals surface area contributed by atoms with Gasteiger partial charge in [-0.25, -0.2) is 9.59 Å². The van der Waals surface area contributed by atoms with Crippen LogP contribution in [0.2, 0.25) is 0 Å². The Labute approximate surface area is 169 Å². The zero-order valence-electron chi connectivity index (χ0n) is 16.1. The van der Waals surface area contributed by atoms with Gasteiger partial charge in [0.15, 0.2) is 0 Å². The zero-order valence-corrected chi connectivity index (χ0v) is 16.1. The van der Waals surface area contributed by atoms with E-state index in [0.29, 0.717) is 18.7 Å². The van der Waals surface area contributed by atoms with E-state index >= 15 is 0 Å². The van der Waals surface area contributed by atoms with Crippen molar-refractivity contribution >= 4 is 17.9 Å². The van der Waals surface area contributed by atoms with Crippen molar-refractivity contribution in [3.8, 4) is 0 Å².